The van der Waals surface area contributed by atoms with Crippen LogP contribution in [0.15, 0.2) is 0 Å². The molecule has 1 aliphatic heterocycles. The molecule has 0 bridgehead atoms. The van der Waals surface area contributed by atoms with Gasteiger partial charge in [-0.1, -0.05) is 26.7 Å². The average molecular weight is 282 g/mol. The SMILES string of the molecule is CCC(CC)(CNC1CC1)CN1CCCCCC1CO. The van der Waals surface area contributed by atoms with E-state index in [1.807, 2.05) is 0 Å². The molecule has 0 amide bonds. The Morgan fingerprint density at radius 2 is 1.85 bits per heavy atom. The number of aliphatic hydroxyl groups excluding tert-OH is 1. The number of nitrogens with zero attached hydrogens (tertiary/aromatic N) is 1. The van der Waals surface area contributed by atoms with Crippen molar-refractivity contribution in [2.75, 3.05) is 26.2 Å². The van der Waals surface area contributed by atoms with Gasteiger partial charge in [-0.25, -0.2) is 0 Å². The quantitative estimate of drug-likeness (QED) is 0.718. The number of aliphatic hydroxyl groups is 1. The van der Waals surface area contributed by atoms with Crippen LogP contribution in [-0.2, 0) is 0 Å². The molecule has 2 N–H and O–H groups in total. The van der Waals surface area contributed by atoms with Crippen LogP contribution in [0.3, 0.4) is 0 Å². The number of nitrogens with one attached hydrogen (secondary N) is 1. The highest BCUT2D eigenvalue weighted by molar-refractivity contribution is 4.90. The predicted octanol–water partition coefficient (Wildman–Crippen LogP) is 2.78. The zero-order valence-corrected chi connectivity index (χ0v) is 13.5. The molecule has 1 saturated heterocycles. The Balaban J connectivity index is 1.95. The summed E-state index contributed by atoms with van der Waals surface area (Å²) in [7, 11) is 0. The highest BCUT2D eigenvalue weighted by atomic mass is 16.3. The summed E-state index contributed by atoms with van der Waals surface area (Å²) in [5, 5.41) is 13.4. The fraction of sp³-hybridized carbons (Fsp3) is 1.00. The molecule has 3 heteroatoms. The van der Waals surface area contributed by atoms with Gasteiger partial charge in [0.25, 0.3) is 0 Å². The fourth-order valence-corrected chi connectivity index (χ4v) is 3.51. The summed E-state index contributed by atoms with van der Waals surface area (Å²) in [6, 6.07) is 1.20. The summed E-state index contributed by atoms with van der Waals surface area (Å²) >= 11 is 0. The minimum Gasteiger partial charge on any atom is -0.395 e. The van der Waals surface area contributed by atoms with Crippen LogP contribution in [0, 0.1) is 5.41 Å². The van der Waals surface area contributed by atoms with E-state index in [2.05, 4.69) is 24.1 Å². The normalized spacial score (nSPS) is 25.6. The molecule has 2 fully saturated rings. The monoisotopic (exact) mass is 282 g/mol. The van der Waals surface area contributed by atoms with Gasteiger partial charge < -0.3 is 10.4 Å². The minimum absolute atomic E-state index is 0.333. The van der Waals surface area contributed by atoms with Crippen molar-refractivity contribution in [3.8, 4) is 0 Å². The predicted molar refractivity (Wildman–Crippen MR) is 85.0 cm³/mol. The van der Waals surface area contributed by atoms with Crippen LogP contribution in [0.2, 0.25) is 0 Å². The molecule has 1 atom stereocenters. The summed E-state index contributed by atoms with van der Waals surface area (Å²) in [6.45, 7) is 8.49. The number of hydrogen-bond donors (Lipinski definition) is 2. The van der Waals surface area contributed by atoms with Gasteiger partial charge in [-0.05, 0) is 50.5 Å². The van der Waals surface area contributed by atoms with Crippen molar-refractivity contribution < 1.29 is 5.11 Å². The first kappa shape index (κ1) is 16.3. The van der Waals surface area contributed by atoms with Crippen LogP contribution in [0.5, 0.6) is 0 Å². The first-order valence-electron chi connectivity index (χ1n) is 8.81. The first-order valence-corrected chi connectivity index (χ1v) is 8.81. The van der Waals surface area contributed by atoms with Gasteiger partial charge >= 0.3 is 0 Å². The molecule has 20 heavy (non-hydrogen) atoms. The van der Waals surface area contributed by atoms with Crippen molar-refractivity contribution in [2.45, 2.75) is 77.3 Å². The van der Waals surface area contributed by atoms with Crippen molar-refractivity contribution in [1.82, 2.24) is 10.2 Å². The molecule has 118 valence electrons. The highest BCUT2D eigenvalue weighted by Gasteiger charge is 2.33. The van der Waals surface area contributed by atoms with E-state index >= 15 is 0 Å². The van der Waals surface area contributed by atoms with Crippen molar-refractivity contribution in [2.24, 2.45) is 5.41 Å². The van der Waals surface area contributed by atoms with E-state index in [9.17, 15) is 5.11 Å². The van der Waals surface area contributed by atoms with E-state index in [4.69, 9.17) is 0 Å². The van der Waals surface area contributed by atoms with Crippen molar-refractivity contribution in [3.05, 3.63) is 0 Å². The smallest absolute Gasteiger partial charge is 0.0586 e. The molecule has 2 rings (SSSR count). The molecule has 0 aromatic rings. The van der Waals surface area contributed by atoms with Crippen molar-refractivity contribution in [1.29, 1.82) is 0 Å². The van der Waals surface area contributed by atoms with E-state index in [-0.39, 0.29) is 0 Å². The third-order valence-corrected chi connectivity index (χ3v) is 5.59. The maximum absolute atomic E-state index is 9.70. The highest BCUT2D eigenvalue weighted by Crippen LogP contribution is 2.31. The third-order valence-electron chi connectivity index (χ3n) is 5.59. The van der Waals surface area contributed by atoms with Crippen LogP contribution < -0.4 is 5.32 Å². The fourth-order valence-electron chi connectivity index (χ4n) is 3.51. The molecule has 1 aliphatic carbocycles. The molecule has 3 nitrogen and oxygen atoms in total. The Kier molecular flexibility index (Phi) is 6.31. The Bertz CT molecular complexity index is 274. The summed E-state index contributed by atoms with van der Waals surface area (Å²) in [5.41, 5.74) is 0.389. The van der Waals surface area contributed by atoms with Gasteiger partial charge in [-0.3, -0.25) is 4.90 Å². The van der Waals surface area contributed by atoms with E-state index < -0.39 is 0 Å². The second-order valence-electron chi connectivity index (χ2n) is 7.02. The molecule has 0 radical (unpaired) electrons. The van der Waals surface area contributed by atoms with Crippen LogP contribution in [0.1, 0.15) is 65.2 Å². The van der Waals surface area contributed by atoms with Gasteiger partial charge in [0, 0.05) is 25.2 Å². The maximum atomic E-state index is 9.70. The van der Waals surface area contributed by atoms with Gasteiger partial charge in [-0.15, -0.1) is 0 Å². The largest absolute Gasteiger partial charge is 0.395 e. The topological polar surface area (TPSA) is 35.5 Å². The van der Waals surface area contributed by atoms with E-state index in [0.29, 0.717) is 18.1 Å². The lowest BCUT2D eigenvalue weighted by molar-refractivity contribution is 0.0679. The van der Waals surface area contributed by atoms with Gasteiger partial charge in [0.1, 0.15) is 0 Å². The minimum atomic E-state index is 0.333. The molecule has 1 unspecified atom stereocenters. The second kappa shape index (κ2) is 7.77. The van der Waals surface area contributed by atoms with Gasteiger partial charge in [0.15, 0.2) is 0 Å². The number of hydrogen-bond acceptors (Lipinski definition) is 3. The van der Waals surface area contributed by atoms with E-state index in [1.54, 1.807) is 0 Å². The lowest BCUT2D eigenvalue weighted by atomic mass is 9.81. The van der Waals surface area contributed by atoms with Crippen LogP contribution in [0.25, 0.3) is 0 Å². The lowest BCUT2D eigenvalue weighted by Crippen LogP contribution is -2.48. The van der Waals surface area contributed by atoms with Crippen LogP contribution in [-0.4, -0.2) is 48.3 Å². The van der Waals surface area contributed by atoms with Gasteiger partial charge in [0.2, 0.25) is 0 Å². The number of rotatable bonds is 8. The lowest BCUT2D eigenvalue weighted by Gasteiger charge is -2.40. The third kappa shape index (κ3) is 4.44. The zero-order chi connectivity index (χ0) is 14.4. The summed E-state index contributed by atoms with van der Waals surface area (Å²) < 4.78 is 0. The summed E-state index contributed by atoms with van der Waals surface area (Å²) in [4.78, 5) is 2.59. The summed E-state index contributed by atoms with van der Waals surface area (Å²) in [5.74, 6) is 0. The molecular weight excluding hydrogens is 248 g/mol. The van der Waals surface area contributed by atoms with Crippen molar-refractivity contribution in [3.63, 3.8) is 0 Å². The Hall–Kier alpha value is -0.120. The van der Waals surface area contributed by atoms with Crippen LogP contribution in [0.4, 0.5) is 0 Å². The molecule has 1 saturated carbocycles. The molecule has 2 aliphatic rings. The van der Waals surface area contributed by atoms with Crippen molar-refractivity contribution >= 4 is 0 Å². The molecular formula is C17H34N2O. The Labute approximate surface area is 125 Å². The molecule has 0 aromatic heterocycles. The number of likely N-dealkylation sites (tertiary alicyclic amines) is 1. The van der Waals surface area contributed by atoms with Gasteiger partial charge in [-0.2, -0.15) is 0 Å². The zero-order valence-electron chi connectivity index (χ0n) is 13.5. The second-order valence-corrected chi connectivity index (χ2v) is 7.02. The molecule has 0 spiro atoms. The van der Waals surface area contributed by atoms with Crippen LogP contribution >= 0.6 is 0 Å². The molecule has 1 heterocycles. The molecule has 0 aromatic carbocycles. The standard InChI is InChI=1S/C17H34N2O/c1-3-17(4-2,13-18-15-9-10-15)14-19-11-7-5-6-8-16(19)12-20/h15-16,18,20H,3-14H2,1-2H3. The maximum Gasteiger partial charge on any atom is 0.0586 e. The first-order chi connectivity index (χ1) is 9.73. The van der Waals surface area contributed by atoms with E-state index in [1.165, 1.54) is 57.9 Å². The Morgan fingerprint density at radius 1 is 1.10 bits per heavy atom. The Morgan fingerprint density at radius 3 is 2.45 bits per heavy atom. The van der Waals surface area contributed by atoms with Gasteiger partial charge in [0.05, 0.1) is 6.61 Å². The summed E-state index contributed by atoms with van der Waals surface area (Å²) in [6.07, 6.45) is 10.3. The van der Waals surface area contributed by atoms with E-state index in [0.717, 1.165) is 19.1 Å². The average Bonchev–Trinajstić information content (AvgIpc) is 3.31.